The van der Waals surface area contributed by atoms with Crippen molar-refractivity contribution >= 4 is 0 Å². The quantitative estimate of drug-likeness (QED) is 0.851. The van der Waals surface area contributed by atoms with Gasteiger partial charge in [0.15, 0.2) is 0 Å². The number of piperazine rings is 1. The minimum absolute atomic E-state index is 0.379. The number of nitrogens with one attached hydrogen (secondary N) is 1. The molecule has 0 aromatic carbocycles. The predicted octanol–water partition coefficient (Wildman–Crippen LogP) is 2.41. The van der Waals surface area contributed by atoms with Crippen molar-refractivity contribution in [3.05, 3.63) is 24.2 Å². The summed E-state index contributed by atoms with van der Waals surface area (Å²) in [6.07, 6.45) is 2.95. The summed E-state index contributed by atoms with van der Waals surface area (Å²) in [5.74, 6) is 1.08. The molecule has 1 aliphatic rings. The van der Waals surface area contributed by atoms with Gasteiger partial charge in [0.25, 0.3) is 0 Å². The fourth-order valence-corrected chi connectivity index (χ4v) is 2.53. The lowest BCUT2D eigenvalue weighted by Crippen LogP contribution is -2.55. The standard InChI is InChI=1S/C13H22N2O/c1-4-12-8-14-10(2)9-15(12)11(3)13-6-5-7-16-13/h5-7,10-12,14H,4,8-9H2,1-3H3. The van der Waals surface area contributed by atoms with Gasteiger partial charge in [-0.1, -0.05) is 6.92 Å². The third-order valence-electron chi connectivity index (χ3n) is 3.58. The zero-order valence-corrected chi connectivity index (χ0v) is 10.4. The molecule has 2 heterocycles. The van der Waals surface area contributed by atoms with E-state index in [9.17, 15) is 0 Å². The molecule has 0 aliphatic carbocycles. The predicted molar refractivity (Wildman–Crippen MR) is 65.4 cm³/mol. The van der Waals surface area contributed by atoms with Crippen molar-refractivity contribution in [1.82, 2.24) is 10.2 Å². The van der Waals surface area contributed by atoms with E-state index in [1.165, 1.54) is 6.42 Å². The van der Waals surface area contributed by atoms with Crippen LogP contribution >= 0.6 is 0 Å². The number of furan rings is 1. The van der Waals surface area contributed by atoms with Crippen molar-refractivity contribution in [1.29, 1.82) is 0 Å². The molecule has 0 spiro atoms. The molecule has 3 nitrogen and oxygen atoms in total. The van der Waals surface area contributed by atoms with Gasteiger partial charge in [-0.15, -0.1) is 0 Å². The maximum Gasteiger partial charge on any atom is 0.120 e. The van der Waals surface area contributed by atoms with E-state index in [0.717, 1.165) is 18.8 Å². The third kappa shape index (κ3) is 2.30. The maximum atomic E-state index is 5.51. The molecular formula is C13H22N2O. The summed E-state index contributed by atoms with van der Waals surface area (Å²) < 4.78 is 5.51. The molecule has 1 aromatic heterocycles. The topological polar surface area (TPSA) is 28.4 Å². The van der Waals surface area contributed by atoms with Crippen molar-refractivity contribution < 1.29 is 4.42 Å². The molecule has 1 N–H and O–H groups in total. The van der Waals surface area contributed by atoms with Crippen LogP contribution in [0.1, 0.15) is 39.0 Å². The zero-order chi connectivity index (χ0) is 11.5. The van der Waals surface area contributed by atoms with Gasteiger partial charge in [0.2, 0.25) is 0 Å². The number of rotatable bonds is 3. The molecule has 1 saturated heterocycles. The Kier molecular flexibility index (Phi) is 3.66. The van der Waals surface area contributed by atoms with E-state index in [1.54, 1.807) is 6.26 Å². The van der Waals surface area contributed by atoms with E-state index in [1.807, 2.05) is 6.07 Å². The lowest BCUT2D eigenvalue weighted by atomic mass is 10.0. The second-order valence-electron chi connectivity index (χ2n) is 4.76. The van der Waals surface area contributed by atoms with Crippen molar-refractivity contribution in [3.8, 4) is 0 Å². The highest BCUT2D eigenvalue weighted by Gasteiger charge is 2.29. The Morgan fingerprint density at radius 2 is 2.44 bits per heavy atom. The molecule has 1 fully saturated rings. The highest BCUT2D eigenvalue weighted by molar-refractivity contribution is 5.05. The van der Waals surface area contributed by atoms with Crippen molar-refractivity contribution in [3.63, 3.8) is 0 Å². The minimum Gasteiger partial charge on any atom is -0.468 e. The van der Waals surface area contributed by atoms with E-state index in [-0.39, 0.29) is 0 Å². The van der Waals surface area contributed by atoms with Crippen LogP contribution in [0.2, 0.25) is 0 Å². The summed E-state index contributed by atoms with van der Waals surface area (Å²) in [6.45, 7) is 8.92. The van der Waals surface area contributed by atoms with Crippen LogP contribution in [-0.4, -0.2) is 30.1 Å². The molecule has 0 bridgehead atoms. The van der Waals surface area contributed by atoms with Crippen LogP contribution < -0.4 is 5.32 Å². The van der Waals surface area contributed by atoms with E-state index in [2.05, 4.69) is 37.1 Å². The number of hydrogen-bond acceptors (Lipinski definition) is 3. The lowest BCUT2D eigenvalue weighted by molar-refractivity contribution is 0.0799. The first-order valence-electron chi connectivity index (χ1n) is 6.25. The van der Waals surface area contributed by atoms with Gasteiger partial charge in [0.1, 0.15) is 5.76 Å². The number of hydrogen-bond donors (Lipinski definition) is 1. The summed E-state index contributed by atoms with van der Waals surface area (Å²) in [7, 11) is 0. The SMILES string of the molecule is CCC1CNC(C)CN1C(C)c1ccco1. The smallest absolute Gasteiger partial charge is 0.120 e. The third-order valence-corrected chi connectivity index (χ3v) is 3.58. The molecule has 1 aliphatic heterocycles. The van der Waals surface area contributed by atoms with Crippen LogP contribution in [0, 0.1) is 0 Å². The average Bonchev–Trinajstić information content (AvgIpc) is 2.81. The Bertz CT molecular complexity index is 310. The van der Waals surface area contributed by atoms with E-state index in [4.69, 9.17) is 4.42 Å². The summed E-state index contributed by atoms with van der Waals surface area (Å²) in [6, 6.07) is 5.61. The summed E-state index contributed by atoms with van der Waals surface area (Å²) in [5, 5.41) is 3.54. The van der Waals surface area contributed by atoms with Gasteiger partial charge in [-0.05, 0) is 32.4 Å². The van der Waals surface area contributed by atoms with Crippen LogP contribution in [0.3, 0.4) is 0 Å². The molecular weight excluding hydrogens is 200 g/mol. The highest BCUT2D eigenvalue weighted by Crippen LogP contribution is 2.25. The number of nitrogens with zero attached hydrogens (tertiary/aromatic N) is 1. The van der Waals surface area contributed by atoms with E-state index in [0.29, 0.717) is 18.1 Å². The molecule has 3 atom stereocenters. The normalized spacial score (nSPS) is 29.2. The van der Waals surface area contributed by atoms with Crippen LogP contribution in [0.5, 0.6) is 0 Å². The van der Waals surface area contributed by atoms with Crippen LogP contribution in [0.25, 0.3) is 0 Å². The van der Waals surface area contributed by atoms with Crippen molar-refractivity contribution in [2.75, 3.05) is 13.1 Å². The van der Waals surface area contributed by atoms with Crippen LogP contribution in [0.4, 0.5) is 0 Å². The van der Waals surface area contributed by atoms with Gasteiger partial charge < -0.3 is 9.73 Å². The molecule has 0 radical (unpaired) electrons. The van der Waals surface area contributed by atoms with Crippen molar-refractivity contribution in [2.45, 2.75) is 45.3 Å². The molecule has 1 aromatic rings. The molecule has 16 heavy (non-hydrogen) atoms. The molecule has 2 rings (SSSR count). The Labute approximate surface area is 97.8 Å². The molecule has 90 valence electrons. The van der Waals surface area contributed by atoms with Gasteiger partial charge in [-0.25, -0.2) is 0 Å². The second kappa shape index (κ2) is 5.02. The Morgan fingerprint density at radius 3 is 3.06 bits per heavy atom. The molecule has 3 unspecified atom stereocenters. The fraction of sp³-hybridized carbons (Fsp3) is 0.692. The molecule has 0 amide bonds. The second-order valence-corrected chi connectivity index (χ2v) is 4.76. The fourth-order valence-electron chi connectivity index (χ4n) is 2.53. The van der Waals surface area contributed by atoms with Gasteiger partial charge in [0, 0.05) is 25.2 Å². The van der Waals surface area contributed by atoms with Crippen LogP contribution in [-0.2, 0) is 0 Å². The first-order chi connectivity index (χ1) is 7.72. The van der Waals surface area contributed by atoms with Crippen LogP contribution in [0.15, 0.2) is 22.8 Å². The van der Waals surface area contributed by atoms with Gasteiger partial charge >= 0.3 is 0 Å². The largest absolute Gasteiger partial charge is 0.468 e. The maximum absolute atomic E-state index is 5.51. The Hall–Kier alpha value is -0.800. The summed E-state index contributed by atoms with van der Waals surface area (Å²) >= 11 is 0. The molecule has 0 saturated carbocycles. The Balaban J connectivity index is 2.10. The lowest BCUT2D eigenvalue weighted by Gasteiger charge is -2.41. The zero-order valence-electron chi connectivity index (χ0n) is 10.4. The average molecular weight is 222 g/mol. The Morgan fingerprint density at radius 1 is 1.62 bits per heavy atom. The van der Waals surface area contributed by atoms with E-state index < -0.39 is 0 Å². The first-order valence-corrected chi connectivity index (χ1v) is 6.25. The summed E-state index contributed by atoms with van der Waals surface area (Å²) in [4.78, 5) is 2.56. The monoisotopic (exact) mass is 222 g/mol. The first kappa shape index (κ1) is 11.7. The van der Waals surface area contributed by atoms with E-state index >= 15 is 0 Å². The van der Waals surface area contributed by atoms with Crippen molar-refractivity contribution in [2.24, 2.45) is 0 Å². The summed E-state index contributed by atoms with van der Waals surface area (Å²) in [5.41, 5.74) is 0. The van der Waals surface area contributed by atoms with Gasteiger partial charge in [0.05, 0.1) is 12.3 Å². The molecule has 3 heteroatoms. The highest BCUT2D eigenvalue weighted by atomic mass is 16.3. The van der Waals surface area contributed by atoms with Gasteiger partial charge in [-0.3, -0.25) is 4.90 Å². The minimum atomic E-state index is 0.379. The van der Waals surface area contributed by atoms with Gasteiger partial charge in [-0.2, -0.15) is 0 Å².